The lowest BCUT2D eigenvalue weighted by atomic mass is 9.91. The van der Waals surface area contributed by atoms with Gasteiger partial charge < -0.3 is 9.84 Å². The molecule has 4 heteroatoms. The van der Waals surface area contributed by atoms with Gasteiger partial charge in [-0.05, 0) is 32.0 Å². The summed E-state index contributed by atoms with van der Waals surface area (Å²) < 4.78 is 4.99. The Balaban J connectivity index is 3.27. The Morgan fingerprint density at radius 2 is 1.81 bits per heavy atom. The fourth-order valence-corrected chi connectivity index (χ4v) is 1.62. The van der Waals surface area contributed by atoms with E-state index in [9.17, 15) is 14.7 Å². The molecule has 86 valence electrons. The Labute approximate surface area is 93.9 Å². The van der Waals surface area contributed by atoms with Crippen LogP contribution in [0, 0.1) is 0 Å². The first-order chi connectivity index (χ1) is 7.47. The van der Waals surface area contributed by atoms with E-state index in [1.165, 1.54) is 33.1 Å². The van der Waals surface area contributed by atoms with E-state index in [4.69, 9.17) is 4.74 Å². The predicted octanol–water partition coefficient (Wildman–Crippen LogP) is 1.66. The first kappa shape index (κ1) is 12.2. The van der Waals surface area contributed by atoms with Crippen LogP contribution in [0.5, 0.6) is 11.5 Å². The second-order valence-electron chi connectivity index (χ2n) is 3.58. The first-order valence-electron chi connectivity index (χ1n) is 4.85. The minimum Gasteiger partial charge on any atom is -0.508 e. The van der Waals surface area contributed by atoms with Crippen LogP contribution in [-0.4, -0.2) is 23.8 Å². The minimum absolute atomic E-state index is 0.0730. The van der Waals surface area contributed by atoms with Crippen LogP contribution >= 0.6 is 0 Å². The number of ether oxygens (including phenoxy) is 1. The lowest BCUT2D eigenvalue weighted by molar-refractivity contribution is -0.126. The normalized spacial score (nSPS) is 10.2. The molecule has 1 rings (SSSR count). The molecule has 0 spiro atoms. The highest BCUT2D eigenvalue weighted by Crippen LogP contribution is 2.30. The Morgan fingerprint density at radius 3 is 2.25 bits per heavy atom. The van der Waals surface area contributed by atoms with Gasteiger partial charge in [-0.25, -0.2) is 0 Å². The lowest BCUT2D eigenvalue weighted by Gasteiger charge is -2.13. The molecule has 0 aliphatic heterocycles. The number of benzene rings is 1. The number of carbonyl (C=O) groups excluding carboxylic acids is 2. The molecule has 0 aliphatic rings. The van der Waals surface area contributed by atoms with Gasteiger partial charge >= 0.3 is 0 Å². The van der Waals surface area contributed by atoms with Crippen molar-refractivity contribution in [2.24, 2.45) is 0 Å². The number of methoxy groups -OCH3 is 1. The fraction of sp³-hybridized carbons (Fsp3) is 0.333. The van der Waals surface area contributed by atoms with Gasteiger partial charge in [0.05, 0.1) is 7.11 Å². The summed E-state index contributed by atoms with van der Waals surface area (Å²) in [5, 5.41) is 9.64. The standard InChI is InChI=1S/C12H14O4/c1-7(13)12(8(2)14)10-6-9(16-3)4-5-11(10)15/h4-6,12,15H,1-3H3. The van der Waals surface area contributed by atoms with E-state index in [2.05, 4.69) is 0 Å². The number of Topliss-reactive ketones (excluding diaryl/α,β-unsaturated/α-hetero) is 2. The SMILES string of the molecule is COc1ccc(O)c(C(C(C)=O)C(C)=O)c1. The van der Waals surface area contributed by atoms with Gasteiger partial charge in [-0.2, -0.15) is 0 Å². The van der Waals surface area contributed by atoms with Crippen molar-refractivity contribution >= 4 is 11.6 Å². The fourth-order valence-electron chi connectivity index (χ4n) is 1.62. The molecule has 1 N–H and O–H groups in total. The molecule has 0 unspecified atom stereocenters. The molecule has 1 aromatic carbocycles. The van der Waals surface area contributed by atoms with Crippen LogP contribution in [0.1, 0.15) is 25.3 Å². The Kier molecular flexibility index (Phi) is 3.66. The number of aromatic hydroxyl groups is 1. The summed E-state index contributed by atoms with van der Waals surface area (Å²) in [5.41, 5.74) is 0.291. The number of phenolic OH excluding ortho intramolecular Hbond substituents is 1. The highest BCUT2D eigenvalue weighted by molar-refractivity contribution is 6.06. The third-order valence-corrected chi connectivity index (χ3v) is 2.36. The first-order valence-corrected chi connectivity index (χ1v) is 4.85. The van der Waals surface area contributed by atoms with E-state index in [0.29, 0.717) is 11.3 Å². The summed E-state index contributed by atoms with van der Waals surface area (Å²) in [4.78, 5) is 22.7. The third kappa shape index (κ3) is 2.39. The van der Waals surface area contributed by atoms with Gasteiger partial charge in [0.1, 0.15) is 29.0 Å². The van der Waals surface area contributed by atoms with Crippen molar-refractivity contribution in [1.29, 1.82) is 0 Å². The van der Waals surface area contributed by atoms with Crippen molar-refractivity contribution < 1.29 is 19.4 Å². The van der Waals surface area contributed by atoms with Crippen LogP contribution < -0.4 is 4.74 Å². The summed E-state index contributed by atoms with van der Waals surface area (Å²) in [6.07, 6.45) is 0. The van der Waals surface area contributed by atoms with E-state index in [0.717, 1.165) is 0 Å². The molecule has 0 amide bonds. The zero-order valence-electron chi connectivity index (χ0n) is 9.48. The molecule has 0 bridgehead atoms. The third-order valence-electron chi connectivity index (χ3n) is 2.36. The number of ketones is 2. The maximum absolute atomic E-state index is 11.4. The highest BCUT2D eigenvalue weighted by atomic mass is 16.5. The van der Waals surface area contributed by atoms with Gasteiger partial charge in [0.2, 0.25) is 0 Å². The van der Waals surface area contributed by atoms with Crippen LogP contribution in [-0.2, 0) is 9.59 Å². The average molecular weight is 222 g/mol. The summed E-state index contributed by atoms with van der Waals surface area (Å²) in [7, 11) is 1.48. The van der Waals surface area contributed by atoms with Crippen molar-refractivity contribution in [2.75, 3.05) is 7.11 Å². The van der Waals surface area contributed by atoms with Crippen molar-refractivity contribution in [1.82, 2.24) is 0 Å². The number of phenols is 1. The van der Waals surface area contributed by atoms with Gasteiger partial charge in [-0.1, -0.05) is 0 Å². The molecule has 0 radical (unpaired) electrons. The summed E-state index contributed by atoms with van der Waals surface area (Å²) in [6, 6.07) is 4.48. The number of carbonyl (C=O) groups is 2. The van der Waals surface area contributed by atoms with Crippen molar-refractivity contribution in [3.8, 4) is 11.5 Å². The van der Waals surface area contributed by atoms with Crippen molar-refractivity contribution in [3.05, 3.63) is 23.8 Å². The number of rotatable bonds is 4. The lowest BCUT2D eigenvalue weighted by Crippen LogP contribution is -2.17. The summed E-state index contributed by atoms with van der Waals surface area (Å²) in [6.45, 7) is 2.65. The van der Waals surface area contributed by atoms with E-state index in [-0.39, 0.29) is 17.3 Å². The highest BCUT2D eigenvalue weighted by Gasteiger charge is 2.25. The van der Waals surface area contributed by atoms with Crippen molar-refractivity contribution in [3.63, 3.8) is 0 Å². The van der Waals surface area contributed by atoms with E-state index in [1.54, 1.807) is 6.07 Å². The second kappa shape index (κ2) is 4.79. The van der Waals surface area contributed by atoms with Crippen LogP contribution in [0.25, 0.3) is 0 Å². The van der Waals surface area contributed by atoms with Crippen LogP contribution in [0.15, 0.2) is 18.2 Å². The maximum atomic E-state index is 11.4. The quantitative estimate of drug-likeness (QED) is 0.787. The Bertz CT molecular complexity index is 409. The molecule has 16 heavy (non-hydrogen) atoms. The van der Waals surface area contributed by atoms with Crippen molar-refractivity contribution in [2.45, 2.75) is 19.8 Å². The molecule has 0 aromatic heterocycles. The smallest absolute Gasteiger partial charge is 0.144 e. The predicted molar refractivity (Wildman–Crippen MR) is 58.8 cm³/mol. The molecule has 1 aromatic rings. The van der Waals surface area contributed by atoms with Crippen LogP contribution in [0.2, 0.25) is 0 Å². The van der Waals surface area contributed by atoms with Gasteiger partial charge in [0.15, 0.2) is 0 Å². The molecule has 0 saturated heterocycles. The van der Waals surface area contributed by atoms with Crippen LogP contribution in [0.3, 0.4) is 0 Å². The van der Waals surface area contributed by atoms with E-state index < -0.39 is 5.92 Å². The molecular weight excluding hydrogens is 208 g/mol. The zero-order chi connectivity index (χ0) is 12.3. The largest absolute Gasteiger partial charge is 0.508 e. The van der Waals surface area contributed by atoms with E-state index >= 15 is 0 Å². The maximum Gasteiger partial charge on any atom is 0.144 e. The molecule has 0 heterocycles. The molecule has 0 saturated carbocycles. The summed E-state index contributed by atoms with van der Waals surface area (Å²) in [5.74, 6) is -1.08. The monoisotopic (exact) mass is 222 g/mol. The van der Waals surface area contributed by atoms with Gasteiger partial charge in [-0.3, -0.25) is 9.59 Å². The molecular formula is C12H14O4. The van der Waals surface area contributed by atoms with Gasteiger partial charge in [0, 0.05) is 5.56 Å². The zero-order valence-corrected chi connectivity index (χ0v) is 9.48. The Morgan fingerprint density at radius 1 is 1.25 bits per heavy atom. The minimum atomic E-state index is -0.921. The van der Waals surface area contributed by atoms with E-state index in [1.807, 2.05) is 0 Å². The molecule has 0 aliphatic carbocycles. The molecule has 4 nitrogen and oxygen atoms in total. The molecule has 0 atom stereocenters. The Hall–Kier alpha value is -1.84. The summed E-state index contributed by atoms with van der Waals surface area (Å²) >= 11 is 0. The second-order valence-corrected chi connectivity index (χ2v) is 3.58. The van der Waals surface area contributed by atoms with Gasteiger partial charge in [0.25, 0.3) is 0 Å². The number of hydrogen-bond acceptors (Lipinski definition) is 4. The molecule has 0 fully saturated rings. The van der Waals surface area contributed by atoms with Crippen LogP contribution in [0.4, 0.5) is 0 Å². The van der Waals surface area contributed by atoms with Gasteiger partial charge in [-0.15, -0.1) is 0 Å². The number of hydrogen-bond donors (Lipinski definition) is 1. The topological polar surface area (TPSA) is 63.6 Å². The average Bonchev–Trinajstić information content (AvgIpc) is 2.20.